The Morgan fingerprint density at radius 1 is 1.36 bits per heavy atom. The first kappa shape index (κ1) is 11.0. The first-order valence-corrected chi connectivity index (χ1v) is 6.11. The second kappa shape index (κ2) is 3.96. The van der Waals surface area contributed by atoms with Crippen molar-refractivity contribution in [3.05, 3.63) is 18.3 Å². The van der Waals surface area contributed by atoms with Crippen molar-refractivity contribution >= 4 is 9.84 Å². The molecule has 0 saturated heterocycles. The molecular weight excluding hydrogens is 202 g/mol. The van der Waals surface area contributed by atoms with E-state index >= 15 is 0 Å². The van der Waals surface area contributed by atoms with Crippen LogP contribution in [0.5, 0.6) is 5.88 Å². The lowest BCUT2D eigenvalue weighted by molar-refractivity contribution is 0.232. The van der Waals surface area contributed by atoms with Gasteiger partial charge in [-0.15, -0.1) is 0 Å². The first-order chi connectivity index (χ1) is 6.39. The lowest BCUT2D eigenvalue weighted by Crippen LogP contribution is -2.07. The molecule has 0 unspecified atom stereocenters. The highest BCUT2D eigenvalue weighted by Gasteiger charge is 2.07. The quantitative estimate of drug-likeness (QED) is 0.762. The van der Waals surface area contributed by atoms with E-state index in [1.54, 1.807) is 6.07 Å². The summed E-state index contributed by atoms with van der Waals surface area (Å²) in [4.78, 5) is 4.09. The topological polar surface area (TPSA) is 56.3 Å². The first-order valence-electron chi connectivity index (χ1n) is 4.22. The molecule has 0 N–H and O–H groups in total. The third-order valence-corrected chi connectivity index (χ3v) is 2.59. The number of sulfone groups is 1. The molecule has 0 spiro atoms. The van der Waals surface area contributed by atoms with Crippen LogP contribution in [0.4, 0.5) is 0 Å². The molecule has 1 heterocycles. The van der Waals surface area contributed by atoms with Crippen molar-refractivity contribution < 1.29 is 13.2 Å². The summed E-state index contributed by atoms with van der Waals surface area (Å²) in [5, 5.41) is 0. The van der Waals surface area contributed by atoms with Crippen molar-refractivity contribution in [3.8, 4) is 5.88 Å². The zero-order valence-electron chi connectivity index (χ0n) is 8.39. The van der Waals surface area contributed by atoms with Gasteiger partial charge in [0.05, 0.1) is 11.0 Å². The molecule has 0 aliphatic heterocycles. The van der Waals surface area contributed by atoms with E-state index in [1.165, 1.54) is 12.3 Å². The fourth-order valence-electron chi connectivity index (χ4n) is 0.897. The molecule has 0 saturated carbocycles. The number of hydrogen-bond acceptors (Lipinski definition) is 4. The zero-order valence-corrected chi connectivity index (χ0v) is 9.21. The van der Waals surface area contributed by atoms with Gasteiger partial charge in [0.2, 0.25) is 5.88 Å². The van der Waals surface area contributed by atoms with E-state index in [0.29, 0.717) is 5.88 Å². The highest BCUT2D eigenvalue weighted by molar-refractivity contribution is 7.90. The number of nitrogens with zero attached hydrogens (tertiary/aromatic N) is 1. The lowest BCUT2D eigenvalue weighted by atomic mass is 10.4. The maximum atomic E-state index is 11.1. The van der Waals surface area contributed by atoms with E-state index in [0.717, 1.165) is 6.26 Å². The van der Waals surface area contributed by atoms with Crippen molar-refractivity contribution in [2.75, 3.05) is 6.26 Å². The Balaban J connectivity index is 2.90. The molecule has 0 bridgehead atoms. The van der Waals surface area contributed by atoms with Crippen molar-refractivity contribution in [3.63, 3.8) is 0 Å². The molecule has 0 fully saturated rings. The third kappa shape index (κ3) is 2.99. The van der Waals surface area contributed by atoms with Crippen LogP contribution >= 0.6 is 0 Å². The fraction of sp³-hybridized carbons (Fsp3) is 0.444. The molecule has 4 nitrogen and oxygen atoms in total. The van der Waals surface area contributed by atoms with E-state index in [2.05, 4.69) is 4.98 Å². The maximum absolute atomic E-state index is 11.1. The Labute approximate surface area is 83.8 Å². The van der Waals surface area contributed by atoms with Gasteiger partial charge in [-0.05, 0) is 19.9 Å². The Morgan fingerprint density at radius 3 is 2.36 bits per heavy atom. The van der Waals surface area contributed by atoms with Gasteiger partial charge >= 0.3 is 0 Å². The smallest absolute Gasteiger partial charge is 0.213 e. The lowest BCUT2D eigenvalue weighted by Gasteiger charge is -2.08. The fourth-order valence-corrected chi connectivity index (χ4v) is 1.46. The summed E-state index contributed by atoms with van der Waals surface area (Å²) in [7, 11) is -3.17. The zero-order chi connectivity index (χ0) is 10.8. The number of aromatic nitrogens is 1. The summed E-state index contributed by atoms with van der Waals surface area (Å²) in [5.41, 5.74) is 0. The van der Waals surface area contributed by atoms with Crippen LogP contribution in [0.2, 0.25) is 0 Å². The molecule has 0 aliphatic carbocycles. The van der Waals surface area contributed by atoms with E-state index < -0.39 is 9.84 Å². The average molecular weight is 215 g/mol. The van der Waals surface area contributed by atoms with Crippen LogP contribution in [-0.4, -0.2) is 25.8 Å². The molecule has 0 radical (unpaired) electrons. The van der Waals surface area contributed by atoms with Crippen LogP contribution in [0.1, 0.15) is 13.8 Å². The Hall–Kier alpha value is -1.10. The van der Waals surface area contributed by atoms with Crippen LogP contribution in [-0.2, 0) is 9.84 Å². The van der Waals surface area contributed by atoms with Crippen molar-refractivity contribution in [1.82, 2.24) is 4.98 Å². The molecule has 5 heteroatoms. The standard InChI is InChI=1S/C9H13NO3S/c1-7(2)13-9-5-4-8(6-10-9)14(3,11)12/h4-7H,1-3H3. The Bertz CT molecular complexity index is 395. The van der Waals surface area contributed by atoms with Crippen LogP contribution in [0.25, 0.3) is 0 Å². The predicted molar refractivity (Wildman–Crippen MR) is 53.1 cm³/mol. The SMILES string of the molecule is CC(C)Oc1ccc(S(C)(=O)=O)cn1. The highest BCUT2D eigenvalue weighted by Crippen LogP contribution is 2.12. The number of hydrogen-bond donors (Lipinski definition) is 0. The van der Waals surface area contributed by atoms with Crippen LogP contribution in [0, 0.1) is 0 Å². The Morgan fingerprint density at radius 2 is 2.00 bits per heavy atom. The second-order valence-electron chi connectivity index (χ2n) is 3.27. The molecule has 1 rings (SSSR count). The van der Waals surface area contributed by atoms with Gasteiger partial charge in [-0.1, -0.05) is 0 Å². The minimum Gasteiger partial charge on any atom is -0.475 e. The highest BCUT2D eigenvalue weighted by atomic mass is 32.2. The molecule has 0 aromatic carbocycles. The van der Waals surface area contributed by atoms with Crippen molar-refractivity contribution in [2.24, 2.45) is 0 Å². The molecular formula is C9H13NO3S. The van der Waals surface area contributed by atoms with Crippen LogP contribution in [0.3, 0.4) is 0 Å². The molecule has 0 amide bonds. The van der Waals surface area contributed by atoms with E-state index in [9.17, 15) is 8.42 Å². The normalized spacial score (nSPS) is 11.7. The number of rotatable bonds is 3. The largest absolute Gasteiger partial charge is 0.475 e. The number of pyridine rings is 1. The minimum absolute atomic E-state index is 0.0339. The Kier molecular flexibility index (Phi) is 3.10. The summed E-state index contributed by atoms with van der Waals surface area (Å²) in [6, 6.07) is 3.04. The molecule has 14 heavy (non-hydrogen) atoms. The predicted octanol–water partition coefficient (Wildman–Crippen LogP) is 1.27. The van der Waals surface area contributed by atoms with Gasteiger partial charge in [-0.2, -0.15) is 0 Å². The molecule has 78 valence electrons. The van der Waals surface area contributed by atoms with Gasteiger partial charge in [0.15, 0.2) is 9.84 Å². The van der Waals surface area contributed by atoms with Crippen molar-refractivity contribution in [1.29, 1.82) is 0 Å². The summed E-state index contributed by atoms with van der Waals surface area (Å²) in [6.45, 7) is 3.76. The van der Waals surface area contributed by atoms with E-state index in [1.807, 2.05) is 13.8 Å². The average Bonchev–Trinajstić information content (AvgIpc) is 2.02. The molecule has 0 atom stereocenters. The van der Waals surface area contributed by atoms with Crippen LogP contribution < -0.4 is 4.74 Å². The monoisotopic (exact) mass is 215 g/mol. The van der Waals surface area contributed by atoms with Crippen LogP contribution in [0.15, 0.2) is 23.2 Å². The molecule has 1 aromatic heterocycles. The van der Waals surface area contributed by atoms with Crippen molar-refractivity contribution in [2.45, 2.75) is 24.8 Å². The molecule has 0 aliphatic rings. The van der Waals surface area contributed by atoms with Gasteiger partial charge in [-0.25, -0.2) is 13.4 Å². The number of ether oxygens (including phenoxy) is 1. The van der Waals surface area contributed by atoms with Gasteiger partial charge in [0.1, 0.15) is 0 Å². The minimum atomic E-state index is -3.17. The summed E-state index contributed by atoms with van der Waals surface area (Å²) >= 11 is 0. The third-order valence-electron chi connectivity index (χ3n) is 1.49. The summed E-state index contributed by atoms with van der Waals surface area (Å²) in [6.07, 6.45) is 2.48. The van der Waals surface area contributed by atoms with Gasteiger partial charge < -0.3 is 4.74 Å². The van der Waals surface area contributed by atoms with E-state index in [4.69, 9.17) is 4.74 Å². The maximum Gasteiger partial charge on any atom is 0.213 e. The van der Waals surface area contributed by atoms with Gasteiger partial charge in [-0.3, -0.25) is 0 Å². The summed E-state index contributed by atoms with van der Waals surface area (Å²) in [5.74, 6) is 0.437. The summed E-state index contributed by atoms with van der Waals surface area (Å²) < 4.78 is 27.4. The second-order valence-corrected chi connectivity index (χ2v) is 5.29. The van der Waals surface area contributed by atoms with Gasteiger partial charge in [0.25, 0.3) is 0 Å². The van der Waals surface area contributed by atoms with Gasteiger partial charge in [0, 0.05) is 18.5 Å². The molecule has 1 aromatic rings. The van der Waals surface area contributed by atoms with E-state index in [-0.39, 0.29) is 11.0 Å².